The average molecular weight is 241 g/mol. The zero-order valence-electron chi connectivity index (χ0n) is 10.8. The molecule has 0 bridgehead atoms. The van der Waals surface area contributed by atoms with Crippen LogP contribution in [0.25, 0.3) is 0 Å². The minimum absolute atomic E-state index is 0.492. The van der Waals surface area contributed by atoms with E-state index in [-0.39, 0.29) is 0 Å². The molecule has 2 rings (SSSR count). The molecule has 1 aliphatic carbocycles. The number of hydrogen-bond donors (Lipinski definition) is 1. The molecule has 4 heteroatoms. The molecule has 0 aromatic carbocycles. The minimum Gasteiger partial charge on any atom is -0.480 e. The number of carboxylic acids is 1. The molecule has 4 nitrogen and oxygen atoms in total. The second-order valence-electron chi connectivity index (χ2n) is 5.73. The van der Waals surface area contributed by atoms with Crippen LogP contribution in [0.3, 0.4) is 0 Å². The van der Waals surface area contributed by atoms with Gasteiger partial charge in [0.15, 0.2) is 0 Å². The summed E-state index contributed by atoms with van der Waals surface area (Å²) < 4.78 is 5.34. The van der Waals surface area contributed by atoms with Crippen molar-refractivity contribution in [3.8, 4) is 0 Å². The third kappa shape index (κ3) is 2.63. The molecule has 1 saturated heterocycles. The van der Waals surface area contributed by atoms with Crippen LogP contribution in [0.2, 0.25) is 0 Å². The molecule has 0 aromatic rings. The number of rotatable bonds is 5. The second kappa shape index (κ2) is 4.94. The fourth-order valence-corrected chi connectivity index (χ4v) is 2.79. The van der Waals surface area contributed by atoms with Crippen molar-refractivity contribution in [3.63, 3.8) is 0 Å². The number of ether oxygens (including phenoxy) is 1. The molecule has 0 atom stereocenters. The summed E-state index contributed by atoms with van der Waals surface area (Å²) in [6.45, 7) is 6.35. The highest BCUT2D eigenvalue weighted by Crippen LogP contribution is 2.38. The molecular weight excluding hydrogens is 218 g/mol. The topological polar surface area (TPSA) is 49.8 Å². The lowest BCUT2D eigenvalue weighted by Gasteiger charge is -2.44. The molecule has 2 aliphatic rings. The molecule has 0 spiro atoms. The minimum atomic E-state index is -0.663. The number of hydrogen-bond acceptors (Lipinski definition) is 3. The van der Waals surface area contributed by atoms with Crippen LogP contribution in [0.1, 0.15) is 39.5 Å². The fraction of sp³-hybridized carbons (Fsp3) is 0.923. The molecule has 0 unspecified atom stereocenters. The van der Waals surface area contributed by atoms with Crippen molar-refractivity contribution in [2.45, 2.75) is 51.1 Å². The molecule has 1 aliphatic heterocycles. The van der Waals surface area contributed by atoms with E-state index in [0.29, 0.717) is 38.0 Å². The quantitative estimate of drug-likeness (QED) is 0.796. The Kier molecular flexibility index (Phi) is 3.73. The van der Waals surface area contributed by atoms with Gasteiger partial charge in [-0.1, -0.05) is 13.8 Å². The molecular formula is C13H23NO3. The van der Waals surface area contributed by atoms with Gasteiger partial charge in [0.1, 0.15) is 5.54 Å². The molecule has 0 radical (unpaired) electrons. The lowest BCUT2D eigenvalue weighted by atomic mass is 9.87. The number of carbonyl (C=O) groups is 1. The summed E-state index contributed by atoms with van der Waals surface area (Å²) in [5, 5.41) is 9.65. The second-order valence-corrected chi connectivity index (χ2v) is 5.73. The van der Waals surface area contributed by atoms with E-state index < -0.39 is 11.5 Å². The highest BCUT2D eigenvalue weighted by Gasteiger charge is 2.50. The first-order chi connectivity index (χ1) is 8.06. The zero-order valence-corrected chi connectivity index (χ0v) is 10.8. The lowest BCUT2D eigenvalue weighted by molar-refractivity contribution is -0.160. The van der Waals surface area contributed by atoms with Crippen LogP contribution in [-0.4, -0.2) is 47.3 Å². The summed E-state index contributed by atoms with van der Waals surface area (Å²) in [7, 11) is 0. The van der Waals surface area contributed by atoms with Crippen molar-refractivity contribution in [2.75, 3.05) is 19.8 Å². The van der Waals surface area contributed by atoms with E-state index >= 15 is 0 Å². The molecule has 17 heavy (non-hydrogen) atoms. The van der Waals surface area contributed by atoms with Crippen LogP contribution in [-0.2, 0) is 9.53 Å². The van der Waals surface area contributed by atoms with Gasteiger partial charge in [-0.25, -0.2) is 0 Å². The monoisotopic (exact) mass is 241 g/mol. The summed E-state index contributed by atoms with van der Waals surface area (Å²) in [6.07, 6.45) is 3.57. The maximum Gasteiger partial charge on any atom is 0.324 e. The Morgan fingerprint density at radius 3 is 2.41 bits per heavy atom. The molecule has 2 fully saturated rings. The summed E-state index contributed by atoms with van der Waals surface area (Å²) in [5.41, 5.74) is -0.663. The average Bonchev–Trinajstić information content (AvgIpc) is 3.10. The fourth-order valence-electron chi connectivity index (χ4n) is 2.79. The first-order valence-corrected chi connectivity index (χ1v) is 6.64. The van der Waals surface area contributed by atoms with Crippen molar-refractivity contribution in [1.29, 1.82) is 0 Å². The van der Waals surface area contributed by atoms with E-state index in [0.717, 1.165) is 19.4 Å². The summed E-state index contributed by atoms with van der Waals surface area (Å²) in [5.74, 6) is -0.150. The Morgan fingerprint density at radius 2 is 2.00 bits per heavy atom. The number of carboxylic acid groups (broad SMARTS) is 1. The number of nitrogens with zero attached hydrogens (tertiary/aromatic N) is 1. The highest BCUT2D eigenvalue weighted by molar-refractivity contribution is 5.79. The number of aliphatic carboxylic acids is 1. The van der Waals surface area contributed by atoms with Gasteiger partial charge >= 0.3 is 5.97 Å². The maximum atomic E-state index is 11.7. The molecule has 1 saturated carbocycles. The van der Waals surface area contributed by atoms with Gasteiger partial charge in [0.2, 0.25) is 0 Å². The van der Waals surface area contributed by atoms with E-state index in [1.807, 2.05) is 0 Å². The van der Waals surface area contributed by atoms with Gasteiger partial charge in [-0.15, -0.1) is 0 Å². The third-order valence-corrected chi connectivity index (χ3v) is 3.82. The first-order valence-electron chi connectivity index (χ1n) is 6.64. The van der Waals surface area contributed by atoms with Crippen LogP contribution < -0.4 is 0 Å². The van der Waals surface area contributed by atoms with E-state index in [9.17, 15) is 9.90 Å². The van der Waals surface area contributed by atoms with Gasteiger partial charge in [-0.2, -0.15) is 0 Å². The Balaban J connectivity index is 2.18. The predicted molar refractivity (Wildman–Crippen MR) is 65.0 cm³/mol. The Bertz CT molecular complexity index is 280. The van der Waals surface area contributed by atoms with E-state index in [1.54, 1.807) is 0 Å². The van der Waals surface area contributed by atoms with Crippen LogP contribution in [0.5, 0.6) is 0 Å². The molecule has 1 heterocycles. The van der Waals surface area contributed by atoms with Crippen LogP contribution in [0.4, 0.5) is 0 Å². The van der Waals surface area contributed by atoms with Crippen LogP contribution >= 0.6 is 0 Å². The Labute approximate surface area is 103 Å². The lowest BCUT2D eigenvalue weighted by Crippen LogP contribution is -2.59. The predicted octanol–water partition coefficient (Wildman–Crippen LogP) is 1.74. The van der Waals surface area contributed by atoms with Gasteiger partial charge in [0.25, 0.3) is 0 Å². The van der Waals surface area contributed by atoms with Gasteiger partial charge in [0.05, 0.1) is 0 Å². The molecule has 0 amide bonds. The Morgan fingerprint density at radius 1 is 1.41 bits per heavy atom. The van der Waals surface area contributed by atoms with Crippen LogP contribution in [0.15, 0.2) is 0 Å². The first kappa shape index (κ1) is 12.8. The Hall–Kier alpha value is -0.610. The van der Waals surface area contributed by atoms with Crippen LogP contribution in [0, 0.1) is 5.92 Å². The molecule has 0 aromatic heterocycles. The van der Waals surface area contributed by atoms with E-state index in [4.69, 9.17) is 4.74 Å². The highest BCUT2D eigenvalue weighted by atomic mass is 16.5. The van der Waals surface area contributed by atoms with Gasteiger partial charge in [0, 0.05) is 25.8 Å². The smallest absolute Gasteiger partial charge is 0.324 e. The molecule has 98 valence electrons. The van der Waals surface area contributed by atoms with Crippen molar-refractivity contribution >= 4 is 5.97 Å². The van der Waals surface area contributed by atoms with Crippen molar-refractivity contribution in [2.24, 2.45) is 5.92 Å². The zero-order chi connectivity index (χ0) is 12.5. The standard InChI is InChI=1S/C13H23NO3/c1-10(2)9-14(11-3-4-11)13(12(15)16)5-7-17-8-6-13/h10-11H,3-9H2,1-2H3,(H,15,16). The third-order valence-electron chi connectivity index (χ3n) is 3.82. The summed E-state index contributed by atoms with van der Waals surface area (Å²) >= 11 is 0. The van der Waals surface area contributed by atoms with Gasteiger partial charge in [-0.05, 0) is 31.6 Å². The van der Waals surface area contributed by atoms with Gasteiger partial charge < -0.3 is 9.84 Å². The van der Waals surface area contributed by atoms with Crippen molar-refractivity contribution in [1.82, 2.24) is 4.90 Å². The SMILES string of the molecule is CC(C)CN(C1CC1)C1(C(=O)O)CCOCC1. The summed E-state index contributed by atoms with van der Waals surface area (Å²) in [6, 6.07) is 0.492. The normalized spacial score (nSPS) is 24.2. The summed E-state index contributed by atoms with van der Waals surface area (Å²) in [4.78, 5) is 14.0. The van der Waals surface area contributed by atoms with Crippen molar-refractivity contribution < 1.29 is 14.6 Å². The maximum absolute atomic E-state index is 11.7. The van der Waals surface area contributed by atoms with E-state index in [1.165, 1.54) is 0 Å². The largest absolute Gasteiger partial charge is 0.480 e. The van der Waals surface area contributed by atoms with Gasteiger partial charge in [-0.3, -0.25) is 9.69 Å². The van der Waals surface area contributed by atoms with Crippen molar-refractivity contribution in [3.05, 3.63) is 0 Å². The molecule has 1 N–H and O–H groups in total. The van der Waals surface area contributed by atoms with E-state index in [2.05, 4.69) is 18.7 Å².